The van der Waals surface area contributed by atoms with E-state index in [1.165, 1.54) is 0 Å². The second-order valence-electron chi connectivity index (χ2n) is 4.42. The van der Waals surface area contributed by atoms with Crippen LogP contribution in [-0.2, 0) is 0 Å². The molecule has 1 aliphatic rings. The first-order valence-electron chi connectivity index (χ1n) is 5.93. The molecule has 1 atom stereocenters. The number of nitrogens with zero attached hydrogens (tertiary/aromatic N) is 3. The molecule has 1 unspecified atom stereocenters. The van der Waals surface area contributed by atoms with Gasteiger partial charge in [0, 0.05) is 25.5 Å². The number of likely N-dealkylation sites (tertiary alicyclic amines) is 1. The summed E-state index contributed by atoms with van der Waals surface area (Å²) in [6.07, 6.45) is 3.42. The van der Waals surface area contributed by atoms with Crippen molar-refractivity contribution in [2.24, 2.45) is 0 Å². The largest absolute Gasteiger partial charge is 0.391 e. The topological polar surface area (TPSA) is 66.3 Å². The van der Waals surface area contributed by atoms with Crippen molar-refractivity contribution in [1.82, 2.24) is 14.9 Å². The van der Waals surface area contributed by atoms with Gasteiger partial charge in [-0.1, -0.05) is 6.07 Å². The molecule has 0 spiro atoms. The number of hydrogen-bond donors (Lipinski definition) is 1. The fourth-order valence-electron chi connectivity index (χ4n) is 2.26. The monoisotopic (exact) mass is 243 g/mol. The maximum atomic E-state index is 12.4. The quantitative estimate of drug-likeness (QED) is 0.806. The summed E-state index contributed by atoms with van der Waals surface area (Å²) in [5, 5.41) is 9.49. The van der Waals surface area contributed by atoms with Gasteiger partial charge in [0.2, 0.25) is 0 Å². The molecule has 1 aromatic heterocycles. The summed E-state index contributed by atoms with van der Waals surface area (Å²) in [5.41, 5.74) is 1.88. The summed E-state index contributed by atoms with van der Waals surface area (Å²) in [6.45, 7) is 0.992. The van der Waals surface area contributed by atoms with Crippen LogP contribution in [-0.4, -0.2) is 45.1 Å². The van der Waals surface area contributed by atoms with E-state index >= 15 is 0 Å². The average molecular weight is 243 g/mol. The van der Waals surface area contributed by atoms with E-state index in [2.05, 4.69) is 9.97 Å². The molecule has 1 amide bonds. The maximum absolute atomic E-state index is 12.4. The van der Waals surface area contributed by atoms with Gasteiger partial charge in [0.1, 0.15) is 5.52 Å². The Morgan fingerprint density at radius 1 is 1.33 bits per heavy atom. The number of amides is 1. The Balaban J connectivity index is 2.01. The van der Waals surface area contributed by atoms with Crippen molar-refractivity contribution >= 4 is 16.9 Å². The first-order valence-corrected chi connectivity index (χ1v) is 5.93. The van der Waals surface area contributed by atoms with Gasteiger partial charge in [-0.3, -0.25) is 14.8 Å². The zero-order chi connectivity index (χ0) is 12.5. The lowest BCUT2D eigenvalue weighted by atomic mass is 10.1. The van der Waals surface area contributed by atoms with Gasteiger partial charge in [0.25, 0.3) is 5.91 Å². The van der Waals surface area contributed by atoms with Crippen LogP contribution in [0.4, 0.5) is 0 Å². The highest BCUT2D eigenvalue weighted by Crippen LogP contribution is 2.18. The first kappa shape index (κ1) is 11.1. The Hall–Kier alpha value is -2.01. The van der Waals surface area contributed by atoms with Crippen LogP contribution >= 0.6 is 0 Å². The lowest BCUT2D eigenvalue weighted by Crippen LogP contribution is -2.29. The van der Waals surface area contributed by atoms with Crippen molar-refractivity contribution < 1.29 is 9.90 Å². The Labute approximate surface area is 104 Å². The van der Waals surface area contributed by atoms with E-state index in [9.17, 15) is 9.90 Å². The summed E-state index contributed by atoms with van der Waals surface area (Å²) < 4.78 is 0. The number of hydrogen-bond acceptors (Lipinski definition) is 4. The fourth-order valence-corrected chi connectivity index (χ4v) is 2.26. The van der Waals surface area contributed by atoms with Gasteiger partial charge >= 0.3 is 0 Å². The van der Waals surface area contributed by atoms with Gasteiger partial charge in [-0.2, -0.15) is 0 Å². The Bertz CT molecular complexity index is 594. The number of rotatable bonds is 1. The number of β-amino-alcohol motifs (C(OH)–C–C–N with tert-alkyl or cyclic N) is 1. The molecule has 5 nitrogen and oxygen atoms in total. The number of aromatic nitrogens is 2. The average Bonchev–Trinajstić information content (AvgIpc) is 2.84. The zero-order valence-corrected chi connectivity index (χ0v) is 9.78. The normalized spacial score (nSPS) is 19.4. The number of para-hydroxylation sites is 1. The summed E-state index contributed by atoms with van der Waals surface area (Å²) in [7, 11) is 0. The van der Waals surface area contributed by atoms with E-state index < -0.39 is 6.10 Å². The van der Waals surface area contributed by atoms with Crippen molar-refractivity contribution in [3.8, 4) is 0 Å². The molecule has 1 fully saturated rings. The third-order valence-electron chi connectivity index (χ3n) is 3.18. The molecular weight excluding hydrogens is 230 g/mol. The Morgan fingerprint density at radius 2 is 2.17 bits per heavy atom. The van der Waals surface area contributed by atoms with Crippen LogP contribution < -0.4 is 0 Å². The third-order valence-corrected chi connectivity index (χ3v) is 3.18. The van der Waals surface area contributed by atoms with Crippen LogP contribution in [0.1, 0.15) is 16.8 Å². The van der Waals surface area contributed by atoms with Crippen LogP contribution in [0, 0.1) is 0 Å². The number of benzene rings is 1. The number of carbonyl (C=O) groups excluding carboxylic acids is 1. The van der Waals surface area contributed by atoms with Crippen LogP contribution in [0.2, 0.25) is 0 Å². The molecule has 0 bridgehead atoms. The standard InChI is InChI=1S/C13H13N3O2/c17-9-4-7-16(8-9)13(18)10-2-1-3-11-12(10)15-6-5-14-11/h1-3,5-6,9,17H,4,7-8H2. The third kappa shape index (κ3) is 1.82. The number of aliphatic hydroxyl groups excluding tert-OH is 1. The van der Waals surface area contributed by atoms with Gasteiger partial charge in [-0.15, -0.1) is 0 Å². The van der Waals surface area contributed by atoms with Gasteiger partial charge in [-0.25, -0.2) is 0 Å². The fraction of sp³-hybridized carbons (Fsp3) is 0.308. The molecule has 5 heteroatoms. The molecule has 0 radical (unpaired) electrons. The van der Waals surface area contributed by atoms with Crippen molar-refractivity contribution in [2.75, 3.05) is 13.1 Å². The minimum atomic E-state index is -0.407. The highest BCUT2D eigenvalue weighted by molar-refractivity contribution is 6.04. The van der Waals surface area contributed by atoms with Crippen LogP contribution in [0.15, 0.2) is 30.6 Å². The number of aliphatic hydroxyl groups is 1. The maximum Gasteiger partial charge on any atom is 0.256 e. The van der Waals surface area contributed by atoms with Gasteiger partial charge in [0.05, 0.1) is 17.2 Å². The molecule has 1 saturated heterocycles. The first-order chi connectivity index (χ1) is 8.75. The number of fused-ring (bicyclic) bond motifs is 1. The summed E-state index contributed by atoms with van der Waals surface area (Å²) >= 11 is 0. The highest BCUT2D eigenvalue weighted by atomic mass is 16.3. The molecule has 2 aromatic rings. The molecule has 1 aromatic carbocycles. The van der Waals surface area contributed by atoms with Gasteiger partial charge < -0.3 is 10.0 Å². The van der Waals surface area contributed by atoms with E-state index in [-0.39, 0.29) is 5.91 Å². The summed E-state index contributed by atoms with van der Waals surface area (Å²) in [6, 6.07) is 5.39. The van der Waals surface area contributed by atoms with E-state index in [4.69, 9.17) is 0 Å². The molecule has 1 N–H and O–H groups in total. The molecular formula is C13H13N3O2. The second-order valence-corrected chi connectivity index (χ2v) is 4.42. The molecule has 1 aliphatic heterocycles. The Morgan fingerprint density at radius 3 is 2.94 bits per heavy atom. The molecule has 2 heterocycles. The highest BCUT2D eigenvalue weighted by Gasteiger charge is 2.26. The van der Waals surface area contributed by atoms with Crippen molar-refractivity contribution in [3.63, 3.8) is 0 Å². The van der Waals surface area contributed by atoms with Crippen molar-refractivity contribution in [2.45, 2.75) is 12.5 Å². The summed E-state index contributed by atoms with van der Waals surface area (Å²) in [4.78, 5) is 22.4. The van der Waals surface area contributed by atoms with Crippen LogP contribution in [0.25, 0.3) is 11.0 Å². The second kappa shape index (κ2) is 4.34. The lowest BCUT2D eigenvalue weighted by Gasteiger charge is -2.16. The minimum absolute atomic E-state index is 0.0855. The molecule has 3 rings (SSSR count). The molecule has 18 heavy (non-hydrogen) atoms. The number of carbonyl (C=O) groups is 1. The van der Waals surface area contributed by atoms with E-state index in [1.54, 1.807) is 29.4 Å². The van der Waals surface area contributed by atoms with Crippen LogP contribution in [0.3, 0.4) is 0 Å². The van der Waals surface area contributed by atoms with Crippen LogP contribution in [0.5, 0.6) is 0 Å². The van der Waals surface area contributed by atoms with Crippen molar-refractivity contribution in [1.29, 1.82) is 0 Å². The predicted octanol–water partition coefficient (Wildman–Crippen LogP) is 0.837. The van der Waals surface area contributed by atoms with E-state index in [0.717, 1.165) is 0 Å². The molecule has 0 saturated carbocycles. The smallest absolute Gasteiger partial charge is 0.256 e. The minimum Gasteiger partial charge on any atom is -0.391 e. The molecule has 92 valence electrons. The van der Waals surface area contributed by atoms with Gasteiger partial charge in [0.15, 0.2) is 0 Å². The zero-order valence-electron chi connectivity index (χ0n) is 9.78. The Kier molecular flexibility index (Phi) is 2.68. The lowest BCUT2D eigenvalue weighted by molar-refractivity contribution is 0.0766. The van der Waals surface area contributed by atoms with Crippen molar-refractivity contribution in [3.05, 3.63) is 36.2 Å². The van der Waals surface area contributed by atoms with Gasteiger partial charge in [-0.05, 0) is 18.6 Å². The van der Waals surface area contributed by atoms with E-state index in [1.807, 2.05) is 6.07 Å². The SMILES string of the molecule is O=C(c1cccc2nccnc12)N1CCC(O)C1. The van der Waals surface area contributed by atoms with E-state index in [0.29, 0.717) is 36.1 Å². The summed E-state index contributed by atoms with van der Waals surface area (Å²) in [5.74, 6) is -0.0855. The predicted molar refractivity (Wildman–Crippen MR) is 66.1 cm³/mol. The molecule has 0 aliphatic carbocycles.